The molecule has 3 nitrogen and oxygen atoms in total. The first-order valence-electron chi connectivity index (χ1n) is 6.80. The molecule has 1 aromatic carbocycles. The van der Waals surface area contributed by atoms with Gasteiger partial charge in [-0.05, 0) is 53.9 Å². The highest BCUT2D eigenvalue weighted by atomic mass is 79.9. The molecular weight excluding hydrogens is 306 g/mol. The Balaban J connectivity index is 2.39. The molecule has 1 aliphatic rings. The van der Waals surface area contributed by atoms with Crippen LogP contribution in [-0.2, 0) is 0 Å². The molecule has 0 aliphatic heterocycles. The van der Waals surface area contributed by atoms with E-state index in [0.29, 0.717) is 12.0 Å². The summed E-state index contributed by atoms with van der Waals surface area (Å²) in [5, 5.41) is 3.46. The van der Waals surface area contributed by atoms with Crippen LogP contribution in [0, 0.1) is 5.92 Å². The van der Waals surface area contributed by atoms with Crippen LogP contribution >= 0.6 is 15.9 Å². The number of methoxy groups -OCH3 is 2. The van der Waals surface area contributed by atoms with E-state index in [0.717, 1.165) is 16.0 Å². The Hall–Kier alpha value is -0.740. The molecule has 1 unspecified atom stereocenters. The van der Waals surface area contributed by atoms with E-state index in [1.165, 1.54) is 31.2 Å². The van der Waals surface area contributed by atoms with E-state index in [9.17, 15) is 0 Å². The van der Waals surface area contributed by atoms with Gasteiger partial charge in [-0.25, -0.2) is 0 Å². The van der Waals surface area contributed by atoms with Crippen LogP contribution in [0.1, 0.15) is 37.3 Å². The van der Waals surface area contributed by atoms with Crippen LogP contribution in [0.4, 0.5) is 0 Å². The highest BCUT2D eigenvalue weighted by molar-refractivity contribution is 9.10. The first kappa shape index (κ1) is 14.7. The Morgan fingerprint density at radius 2 is 1.89 bits per heavy atom. The quantitative estimate of drug-likeness (QED) is 0.889. The fraction of sp³-hybridized carbons (Fsp3) is 0.600. The Bertz CT molecular complexity index is 430. The highest BCUT2D eigenvalue weighted by Crippen LogP contribution is 2.44. The molecule has 4 heteroatoms. The maximum atomic E-state index is 5.59. The second-order valence-electron chi connectivity index (χ2n) is 5.02. The standard InChI is InChI=1S/C15H22BrNO2/c1-17-14(10-6-4-5-7-10)11-8-9-12(18-2)13(16)15(11)19-3/h8-10,14,17H,4-7H2,1-3H3. The number of benzene rings is 1. The van der Waals surface area contributed by atoms with Crippen LogP contribution in [0.2, 0.25) is 0 Å². The monoisotopic (exact) mass is 327 g/mol. The summed E-state index contributed by atoms with van der Waals surface area (Å²) < 4.78 is 11.8. The van der Waals surface area contributed by atoms with Crippen molar-refractivity contribution in [3.8, 4) is 11.5 Å². The van der Waals surface area contributed by atoms with Crippen molar-refractivity contribution < 1.29 is 9.47 Å². The molecule has 0 bridgehead atoms. The zero-order chi connectivity index (χ0) is 13.8. The molecule has 0 aromatic heterocycles. The van der Waals surface area contributed by atoms with Gasteiger partial charge in [0.2, 0.25) is 0 Å². The van der Waals surface area contributed by atoms with Crippen molar-refractivity contribution in [3.63, 3.8) is 0 Å². The maximum absolute atomic E-state index is 5.59. The fourth-order valence-corrected chi connectivity index (χ4v) is 3.78. The van der Waals surface area contributed by atoms with E-state index in [2.05, 4.69) is 27.3 Å². The minimum Gasteiger partial charge on any atom is -0.495 e. The lowest BCUT2D eigenvalue weighted by atomic mass is 9.91. The van der Waals surface area contributed by atoms with Crippen molar-refractivity contribution >= 4 is 15.9 Å². The Labute approximate surface area is 123 Å². The third-order valence-corrected chi connectivity index (χ3v) is 4.78. The average Bonchev–Trinajstić information content (AvgIpc) is 2.94. The van der Waals surface area contributed by atoms with Gasteiger partial charge >= 0.3 is 0 Å². The number of hydrogen-bond donors (Lipinski definition) is 1. The normalized spacial score (nSPS) is 17.5. The van der Waals surface area contributed by atoms with Crippen molar-refractivity contribution in [2.24, 2.45) is 5.92 Å². The smallest absolute Gasteiger partial charge is 0.141 e. The Morgan fingerprint density at radius 3 is 2.42 bits per heavy atom. The van der Waals surface area contributed by atoms with Crippen molar-refractivity contribution in [2.75, 3.05) is 21.3 Å². The van der Waals surface area contributed by atoms with E-state index in [1.54, 1.807) is 14.2 Å². The van der Waals surface area contributed by atoms with Crippen molar-refractivity contribution in [1.29, 1.82) is 0 Å². The van der Waals surface area contributed by atoms with E-state index in [4.69, 9.17) is 9.47 Å². The first-order chi connectivity index (χ1) is 9.22. The van der Waals surface area contributed by atoms with Crippen molar-refractivity contribution in [2.45, 2.75) is 31.7 Å². The SMILES string of the molecule is CNC(c1ccc(OC)c(Br)c1OC)C1CCCC1. The third-order valence-electron chi connectivity index (χ3n) is 4.03. The van der Waals surface area contributed by atoms with Gasteiger partial charge in [0.1, 0.15) is 16.0 Å². The largest absolute Gasteiger partial charge is 0.495 e. The van der Waals surface area contributed by atoms with Crippen LogP contribution in [0.15, 0.2) is 16.6 Å². The second kappa shape index (κ2) is 6.62. The van der Waals surface area contributed by atoms with Crippen molar-refractivity contribution in [3.05, 3.63) is 22.2 Å². The summed E-state index contributed by atoms with van der Waals surface area (Å²) in [6.45, 7) is 0. The molecule has 1 aromatic rings. The summed E-state index contributed by atoms with van der Waals surface area (Å²) >= 11 is 3.58. The number of ether oxygens (including phenoxy) is 2. The summed E-state index contributed by atoms with van der Waals surface area (Å²) in [7, 11) is 5.41. The summed E-state index contributed by atoms with van der Waals surface area (Å²) in [6, 6.07) is 4.46. The molecular formula is C15H22BrNO2. The molecule has 106 valence electrons. The highest BCUT2D eigenvalue weighted by Gasteiger charge is 2.28. The van der Waals surface area contributed by atoms with E-state index in [1.807, 2.05) is 13.1 Å². The van der Waals surface area contributed by atoms with Gasteiger partial charge in [-0.2, -0.15) is 0 Å². The molecule has 1 atom stereocenters. The van der Waals surface area contributed by atoms with E-state index >= 15 is 0 Å². The van der Waals surface area contributed by atoms with E-state index < -0.39 is 0 Å². The Morgan fingerprint density at radius 1 is 1.21 bits per heavy atom. The molecule has 0 radical (unpaired) electrons. The molecule has 1 fully saturated rings. The van der Waals surface area contributed by atoms with Crippen LogP contribution in [0.25, 0.3) is 0 Å². The van der Waals surface area contributed by atoms with Crippen LogP contribution in [-0.4, -0.2) is 21.3 Å². The van der Waals surface area contributed by atoms with Gasteiger partial charge in [0.25, 0.3) is 0 Å². The predicted molar refractivity (Wildman–Crippen MR) is 81.0 cm³/mol. The van der Waals surface area contributed by atoms with Gasteiger partial charge in [0.05, 0.1) is 14.2 Å². The van der Waals surface area contributed by atoms with Gasteiger partial charge in [0, 0.05) is 11.6 Å². The molecule has 1 saturated carbocycles. The van der Waals surface area contributed by atoms with Crippen LogP contribution < -0.4 is 14.8 Å². The maximum Gasteiger partial charge on any atom is 0.141 e. The number of hydrogen-bond acceptors (Lipinski definition) is 3. The minimum absolute atomic E-state index is 0.347. The predicted octanol–water partition coefficient (Wildman–Crippen LogP) is 3.92. The Kier molecular flexibility index (Phi) is 5.11. The average molecular weight is 328 g/mol. The van der Waals surface area contributed by atoms with Crippen molar-refractivity contribution in [1.82, 2.24) is 5.32 Å². The second-order valence-corrected chi connectivity index (χ2v) is 5.81. The minimum atomic E-state index is 0.347. The summed E-state index contributed by atoms with van der Waals surface area (Å²) in [5.74, 6) is 2.38. The van der Waals surface area contributed by atoms with E-state index in [-0.39, 0.29) is 0 Å². The lowest BCUT2D eigenvalue weighted by Crippen LogP contribution is -2.24. The zero-order valence-corrected chi connectivity index (χ0v) is 13.4. The van der Waals surface area contributed by atoms with Gasteiger partial charge in [-0.3, -0.25) is 0 Å². The summed E-state index contributed by atoms with van der Waals surface area (Å²) in [5.41, 5.74) is 1.21. The van der Waals surface area contributed by atoms with Gasteiger partial charge < -0.3 is 14.8 Å². The lowest BCUT2D eigenvalue weighted by molar-refractivity contribution is 0.352. The molecule has 2 rings (SSSR count). The molecule has 1 N–H and O–H groups in total. The van der Waals surface area contributed by atoms with Crippen LogP contribution in [0.5, 0.6) is 11.5 Å². The molecule has 19 heavy (non-hydrogen) atoms. The topological polar surface area (TPSA) is 30.5 Å². The summed E-state index contributed by atoms with van der Waals surface area (Å²) in [6.07, 6.45) is 5.25. The number of halogens is 1. The fourth-order valence-electron chi connectivity index (χ4n) is 3.10. The van der Waals surface area contributed by atoms with Gasteiger partial charge in [-0.15, -0.1) is 0 Å². The molecule has 0 saturated heterocycles. The van der Waals surface area contributed by atoms with Gasteiger partial charge in [-0.1, -0.05) is 12.8 Å². The molecule has 0 spiro atoms. The van der Waals surface area contributed by atoms with Gasteiger partial charge in [0.15, 0.2) is 0 Å². The van der Waals surface area contributed by atoms with Crippen LogP contribution in [0.3, 0.4) is 0 Å². The first-order valence-corrected chi connectivity index (χ1v) is 7.59. The zero-order valence-electron chi connectivity index (χ0n) is 11.8. The number of nitrogens with one attached hydrogen (secondary N) is 1. The molecule has 0 heterocycles. The molecule has 1 aliphatic carbocycles. The third kappa shape index (κ3) is 2.90. The number of rotatable bonds is 5. The lowest BCUT2D eigenvalue weighted by Gasteiger charge is -2.26. The molecule has 0 amide bonds. The summed E-state index contributed by atoms with van der Waals surface area (Å²) in [4.78, 5) is 0.